The molecule has 2 heterocycles. The van der Waals surface area contributed by atoms with Gasteiger partial charge in [-0.2, -0.15) is 0 Å². The van der Waals surface area contributed by atoms with Gasteiger partial charge in [0.15, 0.2) is 0 Å². The topological polar surface area (TPSA) is 66.6 Å². The van der Waals surface area contributed by atoms with E-state index in [0.29, 0.717) is 5.92 Å². The lowest BCUT2D eigenvalue weighted by Crippen LogP contribution is -2.47. The molecule has 0 radical (unpaired) electrons. The molecule has 1 aromatic carbocycles. The summed E-state index contributed by atoms with van der Waals surface area (Å²) in [6.45, 7) is 3.42. The van der Waals surface area contributed by atoms with Gasteiger partial charge in [0.05, 0.1) is 6.54 Å². The van der Waals surface area contributed by atoms with Crippen LogP contribution in [0, 0.1) is 17.7 Å². The predicted molar refractivity (Wildman–Crippen MR) is 97.8 cm³/mol. The van der Waals surface area contributed by atoms with Gasteiger partial charge in [0.1, 0.15) is 5.82 Å². The van der Waals surface area contributed by atoms with Crippen LogP contribution in [0.1, 0.15) is 31.2 Å². The van der Waals surface area contributed by atoms with Gasteiger partial charge in [0, 0.05) is 19.0 Å². The van der Waals surface area contributed by atoms with E-state index in [1.54, 1.807) is 0 Å². The smallest absolute Gasteiger partial charge is 0.231 e. The fourth-order valence-corrected chi connectivity index (χ4v) is 4.20. The van der Waals surface area contributed by atoms with Crippen LogP contribution in [0.2, 0.25) is 0 Å². The zero-order valence-electron chi connectivity index (χ0n) is 15.2. The number of rotatable bonds is 5. The van der Waals surface area contributed by atoms with Crippen LogP contribution in [0.15, 0.2) is 24.3 Å². The molecule has 0 aliphatic carbocycles. The first-order valence-electron chi connectivity index (χ1n) is 9.55. The van der Waals surface area contributed by atoms with Crippen molar-refractivity contribution in [3.8, 4) is 0 Å². The van der Waals surface area contributed by atoms with Gasteiger partial charge in [-0.1, -0.05) is 12.1 Å². The zero-order valence-corrected chi connectivity index (χ0v) is 15.2. The number of nitrogens with zero attached hydrogens (tertiary/aromatic N) is 2. The summed E-state index contributed by atoms with van der Waals surface area (Å²) >= 11 is 0. The van der Waals surface area contributed by atoms with E-state index in [9.17, 15) is 14.0 Å². The lowest BCUT2D eigenvalue weighted by atomic mass is 9.89. The molecule has 3 rings (SSSR count). The average Bonchev–Trinajstić information content (AvgIpc) is 2.63. The summed E-state index contributed by atoms with van der Waals surface area (Å²) in [6.07, 6.45) is 4.62. The molecule has 1 aromatic rings. The summed E-state index contributed by atoms with van der Waals surface area (Å²) in [5.41, 5.74) is 6.37. The van der Waals surface area contributed by atoms with Gasteiger partial charge < -0.3 is 10.6 Å². The third-order valence-electron chi connectivity index (χ3n) is 5.58. The van der Waals surface area contributed by atoms with E-state index in [2.05, 4.69) is 0 Å². The van der Waals surface area contributed by atoms with E-state index in [1.807, 2.05) is 21.9 Å². The highest BCUT2D eigenvalue weighted by Gasteiger charge is 2.31. The first kappa shape index (κ1) is 18.8. The van der Waals surface area contributed by atoms with Crippen molar-refractivity contribution in [3.05, 3.63) is 35.6 Å². The number of piperidine rings is 2. The molecule has 2 aliphatic rings. The van der Waals surface area contributed by atoms with Crippen molar-refractivity contribution in [3.63, 3.8) is 0 Å². The maximum Gasteiger partial charge on any atom is 0.231 e. The number of halogens is 1. The molecule has 0 bridgehead atoms. The van der Waals surface area contributed by atoms with Crippen LogP contribution in [0.4, 0.5) is 4.39 Å². The van der Waals surface area contributed by atoms with E-state index >= 15 is 0 Å². The van der Waals surface area contributed by atoms with Crippen LogP contribution >= 0.6 is 0 Å². The summed E-state index contributed by atoms with van der Waals surface area (Å²) in [7, 11) is 0. The Kier molecular flexibility index (Phi) is 6.25. The number of benzene rings is 1. The minimum atomic E-state index is -0.311. The lowest BCUT2D eigenvalue weighted by Gasteiger charge is -2.37. The maximum absolute atomic E-state index is 13.1. The first-order chi connectivity index (χ1) is 12.5. The second-order valence-corrected chi connectivity index (χ2v) is 7.64. The van der Waals surface area contributed by atoms with Gasteiger partial charge >= 0.3 is 0 Å². The quantitative estimate of drug-likeness (QED) is 0.870. The molecule has 26 heavy (non-hydrogen) atoms. The number of primary amides is 1. The fourth-order valence-electron chi connectivity index (χ4n) is 4.20. The Hall–Kier alpha value is -1.95. The van der Waals surface area contributed by atoms with Gasteiger partial charge in [0.2, 0.25) is 11.8 Å². The van der Waals surface area contributed by atoms with Gasteiger partial charge in [-0.3, -0.25) is 14.5 Å². The van der Waals surface area contributed by atoms with Crippen molar-refractivity contribution in [1.29, 1.82) is 0 Å². The summed E-state index contributed by atoms with van der Waals surface area (Å²) in [4.78, 5) is 28.0. The average molecular weight is 361 g/mol. The van der Waals surface area contributed by atoms with Crippen molar-refractivity contribution in [2.45, 2.75) is 32.1 Å². The molecule has 0 spiro atoms. The number of carbonyl (C=O) groups is 2. The summed E-state index contributed by atoms with van der Waals surface area (Å²) < 4.78 is 13.1. The number of likely N-dealkylation sites (tertiary alicyclic amines) is 2. The largest absolute Gasteiger partial charge is 0.369 e. The second kappa shape index (κ2) is 8.62. The van der Waals surface area contributed by atoms with Gasteiger partial charge in [-0.05, 0) is 68.8 Å². The van der Waals surface area contributed by atoms with Crippen molar-refractivity contribution in [1.82, 2.24) is 9.80 Å². The minimum Gasteiger partial charge on any atom is -0.369 e. The number of hydrogen-bond donors (Lipinski definition) is 1. The van der Waals surface area contributed by atoms with Gasteiger partial charge in [-0.25, -0.2) is 4.39 Å². The Bertz CT molecular complexity index is 626. The van der Waals surface area contributed by atoms with Crippen LogP contribution in [0.3, 0.4) is 0 Å². The Balaban J connectivity index is 1.50. The van der Waals surface area contributed by atoms with Crippen molar-refractivity contribution < 1.29 is 14.0 Å². The van der Waals surface area contributed by atoms with E-state index in [4.69, 9.17) is 5.73 Å². The predicted octanol–water partition coefficient (Wildman–Crippen LogP) is 1.80. The molecule has 0 saturated carbocycles. The van der Waals surface area contributed by atoms with Gasteiger partial charge in [0.25, 0.3) is 0 Å². The molecule has 5 nitrogen and oxygen atoms in total. The van der Waals surface area contributed by atoms with Crippen molar-refractivity contribution >= 4 is 11.8 Å². The van der Waals surface area contributed by atoms with Crippen LogP contribution < -0.4 is 5.73 Å². The second-order valence-electron chi connectivity index (χ2n) is 7.64. The highest BCUT2D eigenvalue weighted by Crippen LogP contribution is 2.25. The molecule has 2 aliphatic heterocycles. The minimum absolute atomic E-state index is 0.0590. The molecule has 2 fully saturated rings. The maximum atomic E-state index is 13.1. The Morgan fingerprint density at radius 2 is 1.77 bits per heavy atom. The third-order valence-corrected chi connectivity index (χ3v) is 5.58. The number of nitrogens with two attached hydrogens (primary N) is 1. The standard InChI is InChI=1S/C20H28FN3O2/c21-18-5-3-15(4-6-18)12-16-2-1-9-24(13-16)20(26)17-7-10-23(11-8-17)14-19(22)25/h3-6,16-17H,1-2,7-14H2,(H2,22,25)/t16-/m1/s1. The van der Waals surface area contributed by atoms with E-state index in [1.165, 1.54) is 12.1 Å². The van der Waals surface area contributed by atoms with Crippen LogP contribution in [-0.2, 0) is 16.0 Å². The van der Waals surface area contributed by atoms with E-state index < -0.39 is 0 Å². The van der Waals surface area contributed by atoms with Crippen molar-refractivity contribution in [2.24, 2.45) is 17.6 Å². The lowest BCUT2D eigenvalue weighted by molar-refractivity contribution is -0.139. The summed E-state index contributed by atoms with van der Waals surface area (Å²) in [6, 6.07) is 6.68. The Morgan fingerprint density at radius 1 is 1.08 bits per heavy atom. The Labute approximate surface area is 154 Å². The molecule has 2 amide bonds. The van der Waals surface area contributed by atoms with Crippen molar-refractivity contribution in [2.75, 3.05) is 32.7 Å². The SMILES string of the molecule is NC(=O)CN1CCC(C(=O)N2CCC[C@H](Cc3ccc(F)cc3)C2)CC1. The highest BCUT2D eigenvalue weighted by atomic mass is 19.1. The zero-order chi connectivity index (χ0) is 18.5. The molecule has 142 valence electrons. The molecule has 2 saturated heterocycles. The molecule has 2 N–H and O–H groups in total. The third kappa shape index (κ3) is 5.04. The van der Waals surface area contributed by atoms with Crippen LogP contribution in [0.25, 0.3) is 0 Å². The molecule has 0 aromatic heterocycles. The normalized spacial score (nSPS) is 22.3. The van der Waals surface area contributed by atoms with Crippen LogP contribution in [-0.4, -0.2) is 54.3 Å². The monoisotopic (exact) mass is 361 g/mol. The molecule has 6 heteroatoms. The first-order valence-corrected chi connectivity index (χ1v) is 9.55. The van der Waals surface area contributed by atoms with E-state index in [0.717, 1.165) is 63.8 Å². The summed E-state index contributed by atoms with van der Waals surface area (Å²) in [5, 5.41) is 0. The van der Waals surface area contributed by atoms with Gasteiger partial charge in [-0.15, -0.1) is 0 Å². The number of amides is 2. The van der Waals surface area contributed by atoms with Crippen LogP contribution in [0.5, 0.6) is 0 Å². The molecular formula is C20H28FN3O2. The van der Waals surface area contributed by atoms with E-state index in [-0.39, 0.29) is 30.1 Å². The number of carbonyl (C=O) groups excluding carboxylic acids is 2. The molecule has 0 unspecified atom stereocenters. The fraction of sp³-hybridized carbons (Fsp3) is 0.600. The highest BCUT2D eigenvalue weighted by molar-refractivity contribution is 5.79. The summed E-state index contributed by atoms with van der Waals surface area (Å²) in [5.74, 6) is 0.232. The molecular weight excluding hydrogens is 333 g/mol. The molecule has 1 atom stereocenters. The number of hydrogen-bond acceptors (Lipinski definition) is 3. The Morgan fingerprint density at radius 3 is 2.42 bits per heavy atom.